The van der Waals surface area contributed by atoms with Gasteiger partial charge in [0, 0.05) is 24.8 Å². The predicted octanol–water partition coefficient (Wildman–Crippen LogP) is 3.16. The van der Waals surface area contributed by atoms with Gasteiger partial charge in [0.1, 0.15) is 11.3 Å². The average molecular weight is 436 g/mol. The zero-order chi connectivity index (χ0) is 21.4. The van der Waals surface area contributed by atoms with E-state index in [1.165, 1.54) is 4.31 Å². The summed E-state index contributed by atoms with van der Waals surface area (Å²) in [5.74, 6) is 0.651. The molecule has 1 saturated heterocycles. The first-order chi connectivity index (χ1) is 15.0. The van der Waals surface area contributed by atoms with Gasteiger partial charge in [-0.15, -0.1) is 0 Å². The first-order valence-corrected chi connectivity index (χ1v) is 11.3. The lowest BCUT2D eigenvalue weighted by molar-refractivity contribution is 0.0730. The topological polar surface area (TPSA) is 112 Å². The Kier molecular flexibility index (Phi) is 4.93. The minimum absolute atomic E-state index is 0.229. The summed E-state index contributed by atoms with van der Waals surface area (Å²) < 4.78 is 38.6. The molecule has 4 aromatic rings. The number of sulfonamides is 1. The number of pyridine rings is 1. The standard InChI is InChI=1S/C22H20N4O4S/c23-21-18(22-25-19-6-1-2-7-20(19)30-22)13-16(14-24-21)15-4-3-5-17(12-15)31(27,28)26-8-10-29-11-9-26/h1-7,12-14H,8-11H2,(H2,23,24). The second-order valence-corrected chi connectivity index (χ2v) is 9.13. The van der Waals surface area contributed by atoms with E-state index in [1.807, 2.05) is 36.4 Å². The fourth-order valence-corrected chi connectivity index (χ4v) is 5.02. The smallest absolute Gasteiger partial charge is 0.243 e. The molecule has 0 atom stereocenters. The number of nitrogens with zero attached hydrogens (tertiary/aromatic N) is 3. The highest BCUT2D eigenvalue weighted by molar-refractivity contribution is 7.89. The number of aromatic nitrogens is 2. The van der Waals surface area contributed by atoms with Crippen molar-refractivity contribution in [2.45, 2.75) is 4.90 Å². The summed E-state index contributed by atoms with van der Waals surface area (Å²) in [6.07, 6.45) is 1.61. The molecule has 2 aromatic heterocycles. The third-order valence-corrected chi connectivity index (χ3v) is 7.11. The lowest BCUT2D eigenvalue weighted by Gasteiger charge is -2.26. The molecule has 1 fully saturated rings. The maximum atomic E-state index is 13.0. The van der Waals surface area contributed by atoms with E-state index in [0.717, 1.165) is 5.52 Å². The number of morpholine rings is 1. The van der Waals surface area contributed by atoms with Crippen molar-refractivity contribution >= 4 is 26.9 Å². The molecule has 2 aromatic carbocycles. The zero-order valence-corrected chi connectivity index (χ0v) is 17.4. The van der Waals surface area contributed by atoms with Crippen molar-refractivity contribution in [1.29, 1.82) is 0 Å². The van der Waals surface area contributed by atoms with Crippen molar-refractivity contribution in [1.82, 2.24) is 14.3 Å². The second-order valence-electron chi connectivity index (χ2n) is 7.19. The molecular weight excluding hydrogens is 416 g/mol. The van der Waals surface area contributed by atoms with Crippen LogP contribution in [0.2, 0.25) is 0 Å². The van der Waals surface area contributed by atoms with E-state index >= 15 is 0 Å². The van der Waals surface area contributed by atoms with Crippen LogP contribution < -0.4 is 5.73 Å². The highest BCUT2D eigenvalue weighted by atomic mass is 32.2. The first-order valence-electron chi connectivity index (χ1n) is 9.82. The molecule has 0 unspecified atom stereocenters. The van der Waals surface area contributed by atoms with Gasteiger partial charge < -0.3 is 14.9 Å². The predicted molar refractivity (Wildman–Crippen MR) is 117 cm³/mol. The average Bonchev–Trinajstić information content (AvgIpc) is 3.24. The van der Waals surface area contributed by atoms with Gasteiger partial charge in [-0.3, -0.25) is 0 Å². The summed E-state index contributed by atoms with van der Waals surface area (Å²) >= 11 is 0. The molecule has 0 bridgehead atoms. The summed E-state index contributed by atoms with van der Waals surface area (Å²) in [6, 6.07) is 16.1. The monoisotopic (exact) mass is 436 g/mol. The molecule has 5 rings (SSSR count). The van der Waals surface area contributed by atoms with Crippen LogP contribution in [0.15, 0.2) is 70.1 Å². The molecule has 9 heteroatoms. The third kappa shape index (κ3) is 3.67. The van der Waals surface area contributed by atoms with Gasteiger partial charge in [0.15, 0.2) is 5.58 Å². The number of para-hydroxylation sites is 2. The Morgan fingerprint density at radius 3 is 2.58 bits per heavy atom. The molecule has 158 valence electrons. The van der Waals surface area contributed by atoms with E-state index in [2.05, 4.69) is 9.97 Å². The minimum Gasteiger partial charge on any atom is -0.436 e. The van der Waals surface area contributed by atoms with E-state index in [1.54, 1.807) is 24.4 Å². The normalized spacial score (nSPS) is 15.4. The Bertz CT molecular complexity index is 1330. The Labute approximate surface area is 179 Å². The molecule has 0 amide bonds. The molecule has 0 aliphatic carbocycles. The Morgan fingerprint density at radius 1 is 0.968 bits per heavy atom. The Hall–Kier alpha value is -3.27. The number of fused-ring (bicyclic) bond motifs is 1. The maximum Gasteiger partial charge on any atom is 0.243 e. The van der Waals surface area contributed by atoms with Gasteiger partial charge in [0.05, 0.1) is 23.7 Å². The van der Waals surface area contributed by atoms with E-state index < -0.39 is 10.0 Å². The number of anilines is 1. The highest BCUT2D eigenvalue weighted by Crippen LogP contribution is 2.32. The van der Waals surface area contributed by atoms with E-state index in [9.17, 15) is 8.42 Å². The van der Waals surface area contributed by atoms with Crippen LogP contribution in [0.5, 0.6) is 0 Å². The lowest BCUT2D eigenvalue weighted by atomic mass is 10.1. The van der Waals surface area contributed by atoms with Crippen molar-refractivity contribution < 1.29 is 17.6 Å². The highest BCUT2D eigenvalue weighted by Gasteiger charge is 2.26. The molecule has 0 radical (unpaired) electrons. The number of benzene rings is 2. The van der Waals surface area contributed by atoms with E-state index in [4.69, 9.17) is 14.9 Å². The van der Waals surface area contributed by atoms with Crippen LogP contribution in [-0.2, 0) is 14.8 Å². The number of oxazole rings is 1. The molecule has 0 saturated carbocycles. The van der Waals surface area contributed by atoms with Crippen molar-refractivity contribution in [2.24, 2.45) is 0 Å². The van der Waals surface area contributed by atoms with Crippen molar-refractivity contribution in [3.8, 4) is 22.6 Å². The molecular formula is C22H20N4O4S. The number of ether oxygens (including phenoxy) is 1. The molecule has 3 heterocycles. The molecule has 1 aliphatic rings. The number of hydrogen-bond donors (Lipinski definition) is 1. The summed E-state index contributed by atoms with van der Waals surface area (Å²) in [5.41, 5.74) is 9.44. The minimum atomic E-state index is -3.60. The number of hydrogen-bond acceptors (Lipinski definition) is 7. The first kappa shape index (κ1) is 19.7. The Morgan fingerprint density at radius 2 is 1.77 bits per heavy atom. The van der Waals surface area contributed by atoms with Gasteiger partial charge in [-0.05, 0) is 35.9 Å². The fourth-order valence-electron chi connectivity index (χ4n) is 3.56. The molecule has 2 N–H and O–H groups in total. The van der Waals surface area contributed by atoms with E-state index in [-0.39, 0.29) is 10.7 Å². The van der Waals surface area contributed by atoms with Crippen molar-refractivity contribution in [3.05, 3.63) is 60.8 Å². The van der Waals surface area contributed by atoms with Gasteiger partial charge in [0.2, 0.25) is 15.9 Å². The maximum absolute atomic E-state index is 13.0. The lowest BCUT2D eigenvalue weighted by Crippen LogP contribution is -2.40. The summed E-state index contributed by atoms with van der Waals surface area (Å²) in [4.78, 5) is 9.01. The number of nitrogens with two attached hydrogens (primary N) is 1. The molecule has 31 heavy (non-hydrogen) atoms. The Balaban J connectivity index is 1.54. The van der Waals surface area contributed by atoms with Crippen LogP contribution in [0.25, 0.3) is 33.7 Å². The number of nitrogen functional groups attached to an aromatic ring is 1. The zero-order valence-electron chi connectivity index (χ0n) is 16.6. The van der Waals surface area contributed by atoms with Crippen LogP contribution in [0.3, 0.4) is 0 Å². The molecule has 8 nitrogen and oxygen atoms in total. The van der Waals surface area contributed by atoms with Crippen LogP contribution >= 0.6 is 0 Å². The van der Waals surface area contributed by atoms with Crippen molar-refractivity contribution in [2.75, 3.05) is 32.0 Å². The van der Waals surface area contributed by atoms with Crippen LogP contribution in [0.1, 0.15) is 0 Å². The largest absolute Gasteiger partial charge is 0.436 e. The molecule has 1 aliphatic heterocycles. The quantitative estimate of drug-likeness (QED) is 0.523. The van der Waals surface area contributed by atoms with Crippen LogP contribution in [0, 0.1) is 0 Å². The van der Waals surface area contributed by atoms with E-state index in [0.29, 0.717) is 54.5 Å². The fraction of sp³-hybridized carbons (Fsp3) is 0.182. The van der Waals surface area contributed by atoms with Gasteiger partial charge in [-0.1, -0.05) is 24.3 Å². The summed E-state index contributed by atoms with van der Waals surface area (Å²) in [6.45, 7) is 1.49. The molecule has 0 spiro atoms. The SMILES string of the molecule is Nc1ncc(-c2cccc(S(=O)(=O)N3CCOCC3)c2)cc1-c1nc2ccccc2o1. The van der Waals surface area contributed by atoms with Crippen LogP contribution in [0.4, 0.5) is 5.82 Å². The number of rotatable bonds is 4. The summed E-state index contributed by atoms with van der Waals surface area (Å²) in [7, 11) is -3.60. The van der Waals surface area contributed by atoms with Gasteiger partial charge >= 0.3 is 0 Å². The van der Waals surface area contributed by atoms with Gasteiger partial charge in [-0.2, -0.15) is 4.31 Å². The van der Waals surface area contributed by atoms with Gasteiger partial charge in [-0.25, -0.2) is 18.4 Å². The van der Waals surface area contributed by atoms with Crippen molar-refractivity contribution in [3.63, 3.8) is 0 Å². The van der Waals surface area contributed by atoms with Crippen LogP contribution in [-0.4, -0.2) is 49.0 Å². The second kappa shape index (κ2) is 7.77. The summed E-state index contributed by atoms with van der Waals surface area (Å²) in [5, 5.41) is 0. The van der Waals surface area contributed by atoms with Gasteiger partial charge in [0.25, 0.3) is 0 Å². The third-order valence-electron chi connectivity index (χ3n) is 5.22.